The van der Waals surface area contributed by atoms with E-state index in [4.69, 9.17) is 0 Å². The van der Waals surface area contributed by atoms with Gasteiger partial charge < -0.3 is 10.2 Å². The van der Waals surface area contributed by atoms with Crippen molar-refractivity contribution in [2.24, 2.45) is 0 Å². The molecule has 2 aliphatic rings. The van der Waals surface area contributed by atoms with Crippen LogP contribution in [0.15, 0.2) is 22.7 Å². The summed E-state index contributed by atoms with van der Waals surface area (Å²) in [5, 5.41) is 3.49. The zero-order chi connectivity index (χ0) is 14.1. The second-order valence-corrected chi connectivity index (χ2v) is 6.82. The van der Waals surface area contributed by atoms with Gasteiger partial charge in [-0.1, -0.05) is 6.07 Å². The standard InChI is InChI=1S/C16H21BrN2O/c1-11-4-7-14(15(17)9-11)16(20)19(13-5-6-13)10-12-3-2-8-18-12/h4,7,9,12-13,18H,2-3,5-6,8,10H2,1H3. The van der Waals surface area contributed by atoms with E-state index >= 15 is 0 Å². The number of hydrogen-bond acceptors (Lipinski definition) is 2. The lowest BCUT2D eigenvalue weighted by Gasteiger charge is -2.26. The first-order valence-electron chi connectivity index (χ1n) is 7.45. The molecule has 4 heteroatoms. The van der Waals surface area contributed by atoms with Crippen molar-refractivity contribution in [1.29, 1.82) is 0 Å². The molecule has 1 saturated carbocycles. The summed E-state index contributed by atoms with van der Waals surface area (Å²) in [5.74, 6) is 0.174. The van der Waals surface area contributed by atoms with Gasteiger partial charge in [-0.3, -0.25) is 4.79 Å². The average Bonchev–Trinajstić information content (AvgIpc) is 3.12. The molecule has 1 aliphatic heterocycles. The van der Waals surface area contributed by atoms with E-state index in [-0.39, 0.29) is 5.91 Å². The van der Waals surface area contributed by atoms with Gasteiger partial charge in [-0.25, -0.2) is 0 Å². The Balaban J connectivity index is 1.77. The van der Waals surface area contributed by atoms with Gasteiger partial charge in [0.1, 0.15) is 0 Å². The van der Waals surface area contributed by atoms with Crippen molar-refractivity contribution in [2.45, 2.75) is 44.7 Å². The van der Waals surface area contributed by atoms with Crippen molar-refractivity contribution in [2.75, 3.05) is 13.1 Å². The second kappa shape index (κ2) is 5.86. The Morgan fingerprint density at radius 3 is 2.80 bits per heavy atom. The number of nitrogens with one attached hydrogen (secondary N) is 1. The van der Waals surface area contributed by atoms with Crippen molar-refractivity contribution < 1.29 is 4.79 Å². The van der Waals surface area contributed by atoms with E-state index in [1.54, 1.807) is 0 Å². The van der Waals surface area contributed by atoms with E-state index in [1.807, 2.05) is 25.1 Å². The fourth-order valence-electron chi connectivity index (χ4n) is 2.88. The largest absolute Gasteiger partial charge is 0.334 e. The van der Waals surface area contributed by atoms with Crippen LogP contribution in [0.25, 0.3) is 0 Å². The number of aryl methyl sites for hydroxylation is 1. The van der Waals surface area contributed by atoms with Crippen LogP contribution in [0.2, 0.25) is 0 Å². The highest BCUT2D eigenvalue weighted by Gasteiger charge is 2.35. The van der Waals surface area contributed by atoms with Crippen LogP contribution < -0.4 is 5.32 Å². The van der Waals surface area contributed by atoms with Crippen LogP contribution in [-0.2, 0) is 0 Å². The molecule has 1 heterocycles. The Bertz CT molecular complexity index is 507. The van der Waals surface area contributed by atoms with Gasteiger partial charge >= 0.3 is 0 Å². The van der Waals surface area contributed by atoms with Crippen LogP contribution in [-0.4, -0.2) is 36.0 Å². The van der Waals surface area contributed by atoms with E-state index in [0.29, 0.717) is 12.1 Å². The summed E-state index contributed by atoms with van der Waals surface area (Å²) in [6.45, 7) is 3.98. The van der Waals surface area contributed by atoms with Crippen molar-refractivity contribution in [3.8, 4) is 0 Å². The molecule has 1 aromatic rings. The lowest BCUT2D eigenvalue weighted by Crippen LogP contribution is -2.42. The summed E-state index contributed by atoms with van der Waals surface area (Å²) in [4.78, 5) is 14.9. The van der Waals surface area contributed by atoms with E-state index in [9.17, 15) is 4.79 Å². The van der Waals surface area contributed by atoms with Crippen molar-refractivity contribution in [1.82, 2.24) is 10.2 Å². The monoisotopic (exact) mass is 336 g/mol. The molecule has 1 N–H and O–H groups in total. The summed E-state index contributed by atoms with van der Waals surface area (Å²) >= 11 is 3.54. The quantitative estimate of drug-likeness (QED) is 0.916. The topological polar surface area (TPSA) is 32.3 Å². The van der Waals surface area contributed by atoms with Gasteiger partial charge in [0, 0.05) is 23.1 Å². The third-order valence-corrected chi connectivity index (χ3v) is 4.84. The Labute approximate surface area is 128 Å². The van der Waals surface area contributed by atoms with Crippen LogP contribution in [0.3, 0.4) is 0 Å². The highest BCUT2D eigenvalue weighted by atomic mass is 79.9. The molecule has 20 heavy (non-hydrogen) atoms. The smallest absolute Gasteiger partial charge is 0.255 e. The number of rotatable bonds is 4. The molecular weight excluding hydrogens is 316 g/mol. The molecule has 1 saturated heterocycles. The number of carbonyl (C=O) groups is 1. The lowest BCUT2D eigenvalue weighted by molar-refractivity contribution is 0.0727. The lowest BCUT2D eigenvalue weighted by atomic mass is 10.1. The number of halogens is 1. The SMILES string of the molecule is Cc1ccc(C(=O)N(CC2CCCN2)C2CC2)c(Br)c1. The first kappa shape index (κ1) is 14.1. The minimum atomic E-state index is 0.174. The molecule has 1 atom stereocenters. The van der Waals surface area contributed by atoms with Crippen LogP contribution >= 0.6 is 15.9 Å². The fraction of sp³-hybridized carbons (Fsp3) is 0.562. The van der Waals surface area contributed by atoms with Crippen LogP contribution in [0.1, 0.15) is 41.6 Å². The molecule has 1 amide bonds. The van der Waals surface area contributed by atoms with Gasteiger partial charge in [-0.05, 0) is 72.8 Å². The summed E-state index contributed by atoms with van der Waals surface area (Å²) in [6.07, 6.45) is 4.72. The third-order valence-electron chi connectivity index (χ3n) is 4.18. The zero-order valence-electron chi connectivity index (χ0n) is 11.9. The Morgan fingerprint density at radius 1 is 1.40 bits per heavy atom. The third kappa shape index (κ3) is 3.07. The van der Waals surface area contributed by atoms with E-state index in [1.165, 1.54) is 18.4 Å². The fourth-order valence-corrected chi connectivity index (χ4v) is 3.55. The predicted molar refractivity (Wildman–Crippen MR) is 84.0 cm³/mol. The molecule has 0 radical (unpaired) electrons. The Kier molecular flexibility index (Phi) is 4.13. The first-order valence-corrected chi connectivity index (χ1v) is 8.25. The first-order chi connectivity index (χ1) is 9.65. The summed E-state index contributed by atoms with van der Waals surface area (Å²) < 4.78 is 0.910. The number of amides is 1. The molecule has 1 aliphatic carbocycles. The zero-order valence-corrected chi connectivity index (χ0v) is 13.4. The van der Waals surface area contributed by atoms with Crippen molar-refractivity contribution >= 4 is 21.8 Å². The summed E-state index contributed by atoms with van der Waals surface area (Å²) in [7, 11) is 0. The Morgan fingerprint density at radius 2 is 2.20 bits per heavy atom. The second-order valence-electron chi connectivity index (χ2n) is 5.97. The van der Waals surface area contributed by atoms with Crippen LogP contribution in [0.4, 0.5) is 0 Å². The van der Waals surface area contributed by atoms with Crippen LogP contribution in [0.5, 0.6) is 0 Å². The number of carbonyl (C=O) groups excluding carboxylic acids is 1. The highest BCUT2D eigenvalue weighted by molar-refractivity contribution is 9.10. The molecule has 108 valence electrons. The molecule has 2 fully saturated rings. The maximum absolute atomic E-state index is 12.8. The molecule has 0 spiro atoms. The normalized spacial score (nSPS) is 22.0. The molecule has 0 aromatic heterocycles. The van der Waals surface area contributed by atoms with E-state index < -0.39 is 0 Å². The number of benzene rings is 1. The average molecular weight is 337 g/mol. The van der Waals surface area contributed by atoms with Gasteiger partial charge in [-0.15, -0.1) is 0 Å². The highest BCUT2D eigenvalue weighted by Crippen LogP contribution is 2.30. The van der Waals surface area contributed by atoms with Crippen LogP contribution in [0, 0.1) is 6.92 Å². The molecule has 1 aromatic carbocycles. The minimum Gasteiger partial charge on any atom is -0.334 e. The molecule has 0 bridgehead atoms. The molecular formula is C16H21BrN2O. The van der Waals surface area contributed by atoms with Gasteiger partial charge in [-0.2, -0.15) is 0 Å². The van der Waals surface area contributed by atoms with Crippen molar-refractivity contribution in [3.05, 3.63) is 33.8 Å². The minimum absolute atomic E-state index is 0.174. The van der Waals surface area contributed by atoms with Gasteiger partial charge in [0.2, 0.25) is 0 Å². The van der Waals surface area contributed by atoms with E-state index in [2.05, 4.69) is 26.1 Å². The molecule has 1 unspecified atom stereocenters. The summed E-state index contributed by atoms with van der Waals surface area (Å²) in [6, 6.07) is 6.91. The maximum atomic E-state index is 12.8. The summed E-state index contributed by atoms with van der Waals surface area (Å²) in [5.41, 5.74) is 1.96. The molecule has 3 rings (SSSR count). The van der Waals surface area contributed by atoms with Crippen molar-refractivity contribution in [3.63, 3.8) is 0 Å². The van der Waals surface area contributed by atoms with Gasteiger partial charge in [0.05, 0.1) is 5.56 Å². The number of hydrogen-bond donors (Lipinski definition) is 1. The number of nitrogens with zero attached hydrogens (tertiary/aromatic N) is 1. The maximum Gasteiger partial charge on any atom is 0.255 e. The Hall–Kier alpha value is -0.870. The van der Waals surface area contributed by atoms with Gasteiger partial charge in [0.15, 0.2) is 0 Å². The molecule has 3 nitrogen and oxygen atoms in total. The predicted octanol–water partition coefficient (Wildman–Crippen LogP) is 3.11. The van der Waals surface area contributed by atoms with Gasteiger partial charge in [0.25, 0.3) is 5.91 Å². The van der Waals surface area contributed by atoms with E-state index in [0.717, 1.165) is 36.0 Å².